The van der Waals surface area contributed by atoms with Crippen molar-refractivity contribution in [2.24, 2.45) is 4.99 Å². The first-order valence-electron chi connectivity index (χ1n) is 7.37. The van der Waals surface area contributed by atoms with Crippen LogP contribution in [0.2, 0.25) is 0 Å². The van der Waals surface area contributed by atoms with Crippen LogP contribution in [0.1, 0.15) is 30.1 Å². The van der Waals surface area contributed by atoms with Crippen molar-refractivity contribution in [2.45, 2.75) is 38.9 Å². The lowest BCUT2D eigenvalue weighted by Gasteiger charge is -2.11. The molecule has 1 aliphatic heterocycles. The number of nitrogens with zero attached hydrogens (tertiary/aromatic N) is 3. The highest BCUT2D eigenvalue weighted by molar-refractivity contribution is 5.79. The van der Waals surface area contributed by atoms with Crippen LogP contribution in [-0.2, 0) is 26.1 Å². The lowest BCUT2D eigenvalue weighted by molar-refractivity contribution is 0.501. The number of aromatic nitrogens is 2. The average Bonchev–Trinajstić information content (AvgIpc) is 3.16. The van der Waals surface area contributed by atoms with Crippen molar-refractivity contribution in [3.63, 3.8) is 0 Å². The summed E-state index contributed by atoms with van der Waals surface area (Å²) in [7, 11) is 1.76. The number of aryl methyl sites for hydroxylation is 2. The summed E-state index contributed by atoms with van der Waals surface area (Å²) in [6.45, 7) is 2.39. The van der Waals surface area contributed by atoms with Gasteiger partial charge in [-0.2, -0.15) is 0 Å². The molecule has 2 aromatic heterocycles. The van der Waals surface area contributed by atoms with E-state index < -0.39 is 0 Å². The van der Waals surface area contributed by atoms with E-state index >= 15 is 0 Å². The first-order chi connectivity index (χ1) is 10.3. The summed E-state index contributed by atoms with van der Waals surface area (Å²) in [5.41, 5.74) is 1.06. The third-order valence-electron chi connectivity index (χ3n) is 3.63. The van der Waals surface area contributed by atoms with Gasteiger partial charge < -0.3 is 19.6 Å². The van der Waals surface area contributed by atoms with E-state index in [0.29, 0.717) is 13.1 Å². The third-order valence-corrected chi connectivity index (χ3v) is 3.63. The molecule has 0 aromatic carbocycles. The Morgan fingerprint density at radius 3 is 3.05 bits per heavy atom. The second kappa shape index (κ2) is 6.47. The first kappa shape index (κ1) is 13.7. The molecule has 6 heteroatoms. The van der Waals surface area contributed by atoms with Gasteiger partial charge in [-0.1, -0.05) is 0 Å². The number of hydrogen-bond acceptors (Lipinski definition) is 3. The van der Waals surface area contributed by atoms with Gasteiger partial charge in [0.25, 0.3) is 0 Å². The van der Waals surface area contributed by atoms with Crippen LogP contribution in [0.25, 0.3) is 0 Å². The Morgan fingerprint density at radius 1 is 1.38 bits per heavy atom. The minimum atomic E-state index is 0.617. The van der Waals surface area contributed by atoms with E-state index in [1.54, 1.807) is 13.3 Å². The Hall–Kier alpha value is -2.24. The maximum absolute atomic E-state index is 5.29. The molecule has 21 heavy (non-hydrogen) atoms. The molecular weight excluding hydrogens is 266 g/mol. The maximum Gasteiger partial charge on any atom is 0.191 e. The quantitative estimate of drug-likeness (QED) is 0.663. The molecular formula is C15H21N5O. The summed E-state index contributed by atoms with van der Waals surface area (Å²) in [6.07, 6.45) is 7.40. The minimum absolute atomic E-state index is 0.617. The van der Waals surface area contributed by atoms with E-state index in [1.165, 1.54) is 18.7 Å². The van der Waals surface area contributed by atoms with Crippen LogP contribution < -0.4 is 10.6 Å². The van der Waals surface area contributed by atoms with Gasteiger partial charge in [0.2, 0.25) is 0 Å². The number of furan rings is 1. The van der Waals surface area contributed by atoms with Gasteiger partial charge in [0, 0.05) is 26.2 Å². The van der Waals surface area contributed by atoms with Crippen LogP contribution in [0.3, 0.4) is 0 Å². The molecule has 0 unspecified atom stereocenters. The molecule has 0 spiro atoms. The summed E-state index contributed by atoms with van der Waals surface area (Å²) in [5.74, 6) is 2.84. The fourth-order valence-electron chi connectivity index (χ4n) is 2.54. The highest BCUT2D eigenvalue weighted by atomic mass is 16.3. The lowest BCUT2D eigenvalue weighted by atomic mass is 10.2. The van der Waals surface area contributed by atoms with Crippen molar-refractivity contribution in [1.29, 1.82) is 0 Å². The Bertz CT molecular complexity index is 576. The predicted molar refractivity (Wildman–Crippen MR) is 80.9 cm³/mol. The molecule has 0 bridgehead atoms. The SMILES string of the molecule is CN=C(NCc1cn2c(n1)CCCC2)NCc1ccco1. The molecule has 2 aromatic rings. The number of aliphatic imine (C=N–C) groups is 1. The molecule has 112 valence electrons. The first-order valence-corrected chi connectivity index (χ1v) is 7.37. The summed E-state index contributed by atoms with van der Waals surface area (Å²) in [6, 6.07) is 3.81. The Morgan fingerprint density at radius 2 is 2.29 bits per heavy atom. The van der Waals surface area contributed by atoms with Crippen LogP contribution in [0.5, 0.6) is 0 Å². The number of guanidine groups is 1. The van der Waals surface area contributed by atoms with Gasteiger partial charge in [-0.15, -0.1) is 0 Å². The van der Waals surface area contributed by atoms with E-state index in [-0.39, 0.29) is 0 Å². The van der Waals surface area contributed by atoms with Gasteiger partial charge in [0.15, 0.2) is 5.96 Å². The molecule has 0 atom stereocenters. The predicted octanol–water partition coefficient (Wildman–Crippen LogP) is 1.68. The fraction of sp³-hybridized carbons (Fsp3) is 0.467. The van der Waals surface area contributed by atoms with Gasteiger partial charge in [0.1, 0.15) is 11.6 Å². The van der Waals surface area contributed by atoms with Crippen LogP contribution >= 0.6 is 0 Å². The van der Waals surface area contributed by atoms with Crippen molar-refractivity contribution in [1.82, 2.24) is 20.2 Å². The lowest BCUT2D eigenvalue weighted by Crippen LogP contribution is -2.36. The molecule has 0 amide bonds. The van der Waals surface area contributed by atoms with Gasteiger partial charge in [-0.05, 0) is 25.0 Å². The molecule has 2 N–H and O–H groups in total. The molecule has 0 radical (unpaired) electrons. The van der Waals surface area contributed by atoms with Gasteiger partial charge >= 0.3 is 0 Å². The Balaban J connectivity index is 1.52. The molecule has 0 fully saturated rings. The topological polar surface area (TPSA) is 67.4 Å². The number of fused-ring (bicyclic) bond motifs is 1. The second-order valence-corrected chi connectivity index (χ2v) is 5.16. The molecule has 3 heterocycles. The summed E-state index contributed by atoms with van der Waals surface area (Å²) in [4.78, 5) is 8.87. The number of nitrogens with one attached hydrogen (secondary N) is 2. The normalized spacial score (nSPS) is 14.8. The standard InChI is InChI=1S/C15H21N5O/c1-16-15(18-10-13-5-4-8-21-13)17-9-12-11-20-7-3-2-6-14(20)19-12/h4-5,8,11H,2-3,6-7,9-10H2,1H3,(H2,16,17,18). The molecule has 0 saturated heterocycles. The maximum atomic E-state index is 5.29. The van der Waals surface area contributed by atoms with E-state index in [2.05, 4.69) is 31.4 Å². The van der Waals surface area contributed by atoms with Crippen molar-refractivity contribution >= 4 is 5.96 Å². The van der Waals surface area contributed by atoms with E-state index in [9.17, 15) is 0 Å². The van der Waals surface area contributed by atoms with Crippen LogP contribution in [0, 0.1) is 0 Å². The van der Waals surface area contributed by atoms with Crippen LogP contribution in [0.15, 0.2) is 34.0 Å². The molecule has 0 saturated carbocycles. The van der Waals surface area contributed by atoms with Gasteiger partial charge in [-0.25, -0.2) is 4.98 Å². The van der Waals surface area contributed by atoms with Crippen LogP contribution in [-0.4, -0.2) is 22.6 Å². The zero-order valence-corrected chi connectivity index (χ0v) is 12.3. The molecule has 3 rings (SSSR count). The highest BCUT2D eigenvalue weighted by Gasteiger charge is 2.12. The number of rotatable bonds is 4. The fourth-order valence-corrected chi connectivity index (χ4v) is 2.54. The molecule has 0 aliphatic carbocycles. The van der Waals surface area contributed by atoms with Gasteiger partial charge in [-0.3, -0.25) is 4.99 Å². The largest absolute Gasteiger partial charge is 0.467 e. The Labute approximate surface area is 124 Å². The van der Waals surface area contributed by atoms with Gasteiger partial charge in [0.05, 0.1) is 25.0 Å². The zero-order valence-electron chi connectivity index (χ0n) is 12.3. The second-order valence-electron chi connectivity index (χ2n) is 5.16. The van der Waals surface area contributed by atoms with E-state index in [1.807, 2.05) is 12.1 Å². The number of imidazole rings is 1. The van der Waals surface area contributed by atoms with Crippen molar-refractivity contribution < 1.29 is 4.42 Å². The zero-order chi connectivity index (χ0) is 14.5. The number of hydrogen-bond donors (Lipinski definition) is 2. The molecule has 6 nitrogen and oxygen atoms in total. The van der Waals surface area contributed by atoms with Crippen LogP contribution in [0.4, 0.5) is 0 Å². The molecule has 1 aliphatic rings. The monoisotopic (exact) mass is 287 g/mol. The third kappa shape index (κ3) is 3.45. The highest BCUT2D eigenvalue weighted by Crippen LogP contribution is 2.14. The van der Waals surface area contributed by atoms with E-state index in [0.717, 1.165) is 30.4 Å². The van der Waals surface area contributed by atoms with Crippen molar-refractivity contribution in [3.8, 4) is 0 Å². The average molecular weight is 287 g/mol. The summed E-state index contributed by atoms with van der Waals surface area (Å²) in [5, 5.41) is 6.49. The van der Waals surface area contributed by atoms with E-state index in [4.69, 9.17) is 4.42 Å². The Kier molecular flexibility index (Phi) is 4.23. The smallest absolute Gasteiger partial charge is 0.191 e. The summed E-state index contributed by atoms with van der Waals surface area (Å²) >= 11 is 0. The minimum Gasteiger partial charge on any atom is -0.467 e. The summed E-state index contributed by atoms with van der Waals surface area (Å²) < 4.78 is 7.55. The van der Waals surface area contributed by atoms with Crippen molar-refractivity contribution in [2.75, 3.05) is 7.05 Å². The van der Waals surface area contributed by atoms with Crippen molar-refractivity contribution in [3.05, 3.63) is 41.9 Å².